The smallest absolute Gasteiger partial charge is 0.339 e. The monoisotopic (exact) mass is 486 g/mol. The second-order valence-corrected chi connectivity index (χ2v) is 8.74. The highest BCUT2D eigenvalue weighted by atomic mass is 32.1. The summed E-state index contributed by atoms with van der Waals surface area (Å²) < 4.78 is 4.90. The Morgan fingerprint density at radius 3 is 2.66 bits per heavy atom. The number of nitrogens with zero attached hydrogens (tertiary/aromatic N) is 2. The summed E-state index contributed by atoms with van der Waals surface area (Å²) >= 11 is 5.75. The molecule has 0 bridgehead atoms. The number of para-hydroxylation sites is 1. The van der Waals surface area contributed by atoms with Gasteiger partial charge in [-0.1, -0.05) is 29.8 Å². The van der Waals surface area contributed by atoms with Crippen LogP contribution in [0.4, 0.5) is 5.69 Å². The van der Waals surface area contributed by atoms with Crippen molar-refractivity contribution in [1.82, 2.24) is 14.9 Å². The average molecular weight is 487 g/mol. The Morgan fingerprint density at radius 2 is 1.91 bits per heavy atom. The first-order valence-electron chi connectivity index (χ1n) is 11.1. The third-order valence-electron chi connectivity index (χ3n) is 5.69. The van der Waals surface area contributed by atoms with E-state index in [2.05, 4.69) is 21.4 Å². The lowest BCUT2D eigenvalue weighted by Crippen LogP contribution is -2.36. The van der Waals surface area contributed by atoms with Gasteiger partial charge < -0.3 is 19.9 Å². The molecule has 7 nitrogen and oxygen atoms in total. The Kier molecular flexibility index (Phi) is 7.22. The quantitative estimate of drug-likeness (QED) is 0.301. The SMILES string of the molecule is COC(=O)c1ccccc1NC(=S)N(Cc1cccnc1)Cc1cc2cc(C)cc(C)c2[nH]c1=O. The van der Waals surface area contributed by atoms with Crippen molar-refractivity contribution in [3.8, 4) is 0 Å². The van der Waals surface area contributed by atoms with Gasteiger partial charge in [-0.25, -0.2) is 4.79 Å². The van der Waals surface area contributed by atoms with Gasteiger partial charge in [0, 0.05) is 24.5 Å². The van der Waals surface area contributed by atoms with Gasteiger partial charge in [0.05, 0.1) is 30.4 Å². The van der Waals surface area contributed by atoms with Crippen LogP contribution in [-0.2, 0) is 17.8 Å². The molecule has 2 heterocycles. The molecule has 178 valence electrons. The van der Waals surface area contributed by atoms with Crippen molar-refractivity contribution in [3.63, 3.8) is 0 Å². The van der Waals surface area contributed by atoms with Crippen LogP contribution in [0.1, 0.15) is 32.6 Å². The molecule has 0 spiro atoms. The predicted octanol–water partition coefficient (Wildman–Crippen LogP) is 4.73. The number of hydrogen-bond acceptors (Lipinski definition) is 5. The van der Waals surface area contributed by atoms with Crippen LogP contribution in [0.25, 0.3) is 10.9 Å². The van der Waals surface area contributed by atoms with E-state index in [1.165, 1.54) is 7.11 Å². The second-order valence-electron chi connectivity index (χ2n) is 8.35. The Labute approximate surface area is 208 Å². The second kappa shape index (κ2) is 10.5. The molecule has 0 saturated heterocycles. The van der Waals surface area contributed by atoms with Crippen molar-refractivity contribution in [2.75, 3.05) is 12.4 Å². The van der Waals surface area contributed by atoms with Crippen LogP contribution >= 0.6 is 12.2 Å². The van der Waals surface area contributed by atoms with Gasteiger partial charge in [-0.3, -0.25) is 9.78 Å². The number of hydrogen-bond donors (Lipinski definition) is 2. The summed E-state index contributed by atoms with van der Waals surface area (Å²) in [6.07, 6.45) is 3.46. The maximum Gasteiger partial charge on any atom is 0.339 e. The van der Waals surface area contributed by atoms with E-state index in [9.17, 15) is 9.59 Å². The minimum absolute atomic E-state index is 0.168. The van der Waals surface area contributed by atoms with E-state index in [-0.39, 0.29) is 12.1 Å². The molecule has 4 aromatic rings. The predicted molar refractivity (Wildman–Crippen MR) is 142 cm³/mol. The first kappa shape index (κ1) is 24.1. The van der Waals surface area contributed by atoms with Gasteiger partial charge in [-0.05, 0) is 72.9 Å². The van der Waals surface area contributed by atoms with E-state index in [1.807, 2.05) is 49.1 Å². The number of carbonyl (C=O) groups is 1. The molecule has 2 aromatic heterocycles. The molecule has 0 saturated carbocycles. The maximum atomic E-state index is 13.0. The van der Waals surface area contributed by atoms with Crippen LogP contribution in [0.15, 0.2) is 71.8 Å². The highest BCUT2D eigenvalue weighted by Crippen LogP contribution is 2.21. The van der Waals surface area contributed by atoms with Gasteiger partial charge in [-0.2, -0.15) is 0 Å². The van der Waals surface area contributed by atoms with Gasteiger partial charge in [0.2, 0.25) is 0 Å². The lowest BCUT2D eigenvalue weighted by Gasteiger charge is -2.26. The molecule has 0 radical (unpaired) electrons. The number of benzene rings is 2. The molecule has 0 atom stereocenters. The van der Waals surface area contributed by atoms with Crippen LogP contribution in [0.3, 0.4) is 0 Å². The molecule has 0 aliphatic carbocycles. The minimum Gasteiger partial charge on any atom is -0.465 e. The number of pyridine rings is 2. The Morgan fingerprint density at radius 1 is 1.11 bits per heavy atom. The minimum atomic E-state index is -0.466. The summed E-state index contributed by atoms with van der Waals surface area (Å²) in [5, 5.41) is 4.50. The summed E-state index contributed by atoms with van der Waals surface area (Å²) in [4.78, 5) is 34.3. The fourth-order valence-electron chi connectivity index (χ4n) is 4.04. The van der Waals surface area contributed by atoms with Gasteiger partial charge in [0.15, 0.2) is 5.11 Å². The van der Waals surface area contributed by atoms with E-state index < -0.39 is 5.97 Å². The van der Waals surface area contributed by atoms with Gasteiger partial charge in [-0.15, -0.1) is 0 Å². The molecule has 2 N–H and O–H groups in total. The number of ether oxygens (including phenoxy) is 1. The van der Waals surface area contributed by atoms with Gasteiger partial charge >= 0.3 is 5.97 Å². The fourth-order valence-corrected chi connectivity index (χ4v) is 4.28. The number of nitrogens with one attached hydrogen (secondary N) is 2. The molecule has 0 amide bonds. The summed E-state index contributed by atoms with van der Waals surface area (Å²) in [6.45, 7) is 4.70. The number of thiocarbonyl (C=S) groups is 1. The number of carbonyl (C=O) groups excluding carboxylic acids is 1. The van der Waals surface area contributed by atoms with E-state index in [0.29, 0.717) is 28.5 Å². The third-order valence-corrected chi connectivity index (χ3v) is 6.05. The van der Waals surface area contributed by atoms with Crippen molar-refractivity contribution in [1.29, 1.82) is 0 Å². The van der Waals surface area contributed by atoms with Crippen LogP contribution < -0.4 is 10.9 Å². The Hall–Kier alpha value is -4.04. The lowest BCUT2D eigenvalue weighted by molar-refractivity contribution is 0.0602. The fraction of sp³-hybridized carbons (Fsp3) is 0.185. The van der Waals surface area contributed by atoms with Crippen molar-refractivity contribution < 1.29 is 9.53 Å². The van der Waals surface area contributed by atoms with Crippen molar-refractivity contribution >= 4 is 39.9 Å². The summed E-state index contributed by atoms with van der Waals surface area (Å²) in [5.41, 5.74) is 5.21. The number of anilines is 1. The molecular formula is C27H26N4O3S. The first-order valence-corrected chi connectivity index (χ1v) is 11.5. The first-order chi connectivity index (χ1) is 16.9. The van der Waals surface area contributed by atoms with Crippen LogP contribution in [0.5, 0.6) is 0 Å². The zero-order chi connectivity index (χ0) is 24.9. The van der Waals surface area contributed by atoms with E-state index in [4.69, 9.17) is 17.0 Å². The summed E-state index contributed by atoms with van der Waals surface area (Å²) in [5.74, 6) is -0.466. The highest BCUT2D eigenvalue weighted by molar-refractivity contribution is 7.80. The lowest BCUT2D eigenvalue weighted by atomic mass is 10.1. The van der Waals surface area contributed by atoms with Gasteiger partial charge in [0.25, 0.3) is 5.56 Å². The molecule has 4 rings (SSSR count). The van der Waals surface area contributed by atoms with Crippen LogP contribution in [-0.4, -0.2) is 33.1 Å². The summed E-state index contributed by atoms with van der Waals surface area (Å²) in [6, 6.07) is 16.8. The number of methoxy groups -OCH3 is 1. The normalized spacial score (nSPS) is 10.7. The van der Waals surface area contributed by atoms with E-state index >= 15 is 0 Å². The molecule has 0 fully saturated rings. The number of esters is 1. The number of rotatable bonds is 6. The number of H-pyrrole nitrogens is 1. The average Bonchev–Trinajstić information content (AvgIpc) is 2.85. The third kappa shape index (κ3) is 5.55. The Bertz CT molecular complexity index is 1450. The Balaban J connectivity index is 1.69. The van der Waals surface area contributed by atoms with Crippen LogP contribution in [0.2, 0.25) is 0 Å². The van der Waals surface area contributed by atoms with Crippen molar-refractivity contribution in [3.05, 3.63) is 105 Å². The highest BCUT2D eigenvalue weighted by Gasteiger charge is 2.18. The maximum absolute atomic E-state index is 13.0. The number of fused-ring (bicyclic) bond motifs is 1. The molecule has 0 aliphatic heterocycles. The molecule has 0 aliphatic rings. The molecular weight excluding hydrogens is 460 g/mol. The topological polar surface area (TPSA) is 87.3 Å². The zero-order valence-corrected chi connectivity index (χ0v) is 20.6. The molecule has 2 aromatic carbocycles. The van der Waals surface area contributed by atoms with E-state index in [0.717, 1.165) is 27.6 Å². The number of aromatic amines is 1. The standard InChI is InChI=1S/C27H26N4O3S/c1-17-11-18(2)24-20(12-17)13-21(25(32)30-24)16-31(15-19-7-6-10-28-14-19)27(35)29-23-9-5-4-8-22(23)26(33)34-3/h4-14H,15-16H2,1-3H3,(H,29,35)(H,30,32). The molecule has 8 heteroatoms. The van der Waals surface area contributed by atoms with Crippen molar-refractivity contribution in [2.24, 2.45) is 0 Å². The number of aryl methyl sites for hydroxylation is 2. The van der Waals surface area contributed by atoms with Gasteiger partial charge in [0.1, 0.15) is 0 Å². The summed E-state index contributed by atoms with van der Waals surface area (Å²) in [7, 11) is 1.33. The molecule has 0 unspecified atom stereocenters. The molecule has 35 heavy (non-hydrogen) atoms. The number of aromatic nitrogens is 2. The zero-order valence-electron chi connectivity index (χ0n) is 19.8. The largest absolute Gasteiger partial charge is 0.465 e. The van der Waals surface area contributed by atoms with Crippen molar-refractivity contribution in [2.45, 2.75) is 26.9 Å². The van der Waals surface area contributed by atoms with E-state index in [1.54, 1.807) is 30.6 Å². The van der Waals surface area contributed by atoms with Crippen LogP contribution in [0, 0.1) is 13.8 Å².